The number of carbonyl (C=O) groups excluding carboxylic acids is 1. The molecule has 2 rings (SSSR count). The number of benzene rings is 1. The summed E-state index contributed by atoms with van der Waals surface area (Å²) in [5, 5.41) is 0. The van der Waals surface area contributed by atoms with Crippen molar-refractivity contribution >= 4 is 5.91 Å². The number of carbonyl (C=O) groups is 1. The molecule has 5 heteroatoms. The van der Waals surface area contributed by atoms with E-state index < -0.39 is 17.5 Å². The lowest BCUT2D eigenvalue weighted by atomic mass is 9.97. The molecule has 1 heterocycles. The van der Waals surface area contributed by atoms with Crippen LogP contribution in [0.2, 0.25) is 0 Å². The molecule has 1 amide bonds. The minimum Gasteiger partial charge on any atom is -0.338 e. The summed E-state index contributed by atoms with van der Waals surface area (Å²) < 4.78 is 26.6. The maximum Gasteiger partial charge on any atom is 0.256 e. The van der Waals surface area contributed by atoms with Crippen LogP contribution in [0, 0.1) is 17.6 Å². The number of hydrogen-bond acceptors (Lipinski definition) is 2. The largest absolute Gasteiger partial charge is 0.338 e. The molecule has 3 nitrogen and oxygen atoms in total. The van der Waals surface area contributed by atoms with E-state index in [4.69, 9.17) is 5.73 Å². The molecule has 1 atom stereocenters. The Hall–Kier alpha value is -1.49. The highest BCUT2D eigenvalue weighted by molar-refractivity contribution is 5.94. The third kappa shape index (κ3) is 2.51. The van der Waals surface area contributed by atoms with Crippen molar-refractivity contribution in [2.45, 2.75) is 12.8 Å². The van der Waals surface area contributed by atoms with Gasteiger partial charge in [-0.1, -0.05) is 6.07 Å². The molecular formula is C13H16F2N2O. The van der Waals surface area contributed by atoms with Gasteiger partial charge in [0.15, 0.2) is 11.6 Å². The van der Waals surface area contributed by atoms with Gasteiger partial charge in [-0.2, -0.15) is 0 Å². The zero-order valence-corrected chi connectivity index (χ0v) is 10.0. The topological polar surface area (TPSA) is 46.3 Å². The van der Waals surface area contributed by atoms with Crippen LogP contribution in [0.5, 0.6) is 0 Å². The Morgan fingerprint density at radius 2 is 2.22 bits per heavy atom. The van der Waals surface area contributed by atoms with Crippen molar-refractivity contribution in [1.29, 1.82) is 0 Å². The Morgan fingerprint density at radius 1 is 1.44 bits per heavy atom. The average molecular weight is 254 g/mol. The van der Waals surface area contributed by atoms with Crippen LogP contribution in [0.15, 0.2) is 18.2 Å². The lowest BCUT2D eigenvalue weighted by Gasteiger charge is -2.32. The van der Waals surface area contributed by atoms with E-state index in [1.807, 2.05) is 0 Å². The van der Waals surface area contributed by atoms with E-state index in [9.17, 15) is 13.6 Å². The molecule has 0 radical (unpaired) electrons. The smallest absolute Gasteiger partial charge is 0.256 e. The van der Waals surface area contributed by atoms with Gasteiger partial charge < -0.3 is 10.6 Å². The number of rotatable bonds is 2. The van der Waals surface area contributed by atoms with Crippen molar-refractivity contribution in [3.05, 3.63) is 35.4 Å². The predicted molar refractivity (Wildman–Crippen MR) is 64.0 cm³/mol. The summed E-state index contributed by atoms with van der Waals surface area (Å²) in [5.74, 6) is -2.27. The quantitative estimate of drug-likeness (QED) is 0.874. The summed E-state index contributed by atoms with van der Waals surface area (Å²) in [5.41, 5.74) is 5.39. The van der Waals surface area contributed by atoms with Crippen molar-refractivity contribution in [1.82, 2.24) is 4.90 Å². The summed E-state index contributed by atoms with van der Waals surface area (Å²) in [6.07, 6.45) is 1.83. The van der Waals surface area contributed by atoms with Gasteiger partial charge in [0, 0.05) is 13.1 Å². The first kappa shape index (κ1) is 13.0. The van der Waals surface area contributed by atoms with Gasteiger partial charge in [0.1, 0.15) is 0 Å². The van der Waals surface area contributed by atoms with Gasteiger partial charge in [0.05, 0.1) is 5.56 Å². The number of piperidine rings is 1. The fourth-order valence-electron chi connectivity index (χ4n) is 2.28. The molecule has 0 aliphatic carbocycles. The van der Waals surface area contributed by atoms with Crippen molar-refractivity contribution in [2.24, 2.45) is 11.7 Å². The summed E-state index contributed by atoms with van der Waals surface area (Å²) >= 11 is 0. The maximum absolute atomic E-state index is 13.5. The molecule has 0 aromatic heterocycles. The van der Waals surface area contributed by atoms with Crippen LogP contribution in [0.25, 0.3) is 0 Å². The number of halogens is 2. The normalized spacial score (nSPS) is 19.9. The SMILES string of the molecule is NCC1CCCN(C(=O)c2cccc(F)c2F)C1. The third-order valence-corrected chi connectivity index (χ3v) is 3.32. The van der Waals surface area contributed by atoms with Gasteiger partial charge in [0.25, 0.3) is 5.91 Å². The standard InChI is InChI=1S/C13H16F2N2O/c14-11-5-1-4-10(12(11)15)13(18)17-6-2-3-9(7-16)8-17/h1,4-5,9H,2-3,6-8,16H2. The van der Waals surface area contributed by atoms with E-state index in [1.165, 1.54) is 12.1 Å². The number of nitrogens with two attached hydrogens (primary N) is 1. The van der Waals surface area contributed by atoms with Crippen molar-refractivity contribution in [2.75, 3.05) is 19.6 Å². The first-order valence-corrected chi connectivity index (χ1v) is 6.07. The molecule has 1 unspecified atom stereocenters. The zero-order chi connectivity index (χ0) is 13.1. The predicted octanol–water partition coefficient (Wildman–Crippen LogP) is 1.78. The molecule has 1 aromatic carbocycles. The zero-order valence-electron chi connectivity index (χ0n) is 10.0. The highest BCUT2D eigenvalue weighted by Gasteiger charge is 2.26. The van der Waals surface area contributed by atoms with Crippen LogP contribution in [0.1, 0.15) is 23.2 Å². The van der Waals surface area contributed by atoms with Crippen molar-refractivity contribution in [3.63, 3.8) is 0 Å². The van der Waals surface area contributed by atoms with Gasteiger partial charge in [-0.25, -0.2) is 8.78 Å². The van der Waals surface area contributed by atoms with Crippen LogP contribution < -0.4 is 5.73 Å². The monoisotopic (exact) mass is 254 g/mol. The Morgan fingerprint density at radius 3 is 2.94 bits per heavy atom. The molecule has 1 aromatic rings. The van der Waals surface area contributed by atoms with E-state index in [1.54, 1.807) is 4.90 Å². The van der Waals surface area contributed by atoms with Gasteiger partial charge in [-0.05, 0) is 37.4 Å². The fraction of sp³-hybridized carbons (Fsp3) is 0.462. The van der Waals surface area contributed by atoms with Crippen molar-refractivity contribution in [3.8, 4) is 0 Å². The Labute approximate surface area is 105 Å². The minimum atomic E-state index is -1.07. The molecular weight excluding hydrogens is 238 g/mol. The highest BCUT2D eigenvalue weighted by atomic mass is 19.2. The molecule has 1 fully saturated rings. The van der Waals surface area contributed by atoms with E-state index in [0.717, 1.165) is 18.9 Å². The molecule has 1 saturated heterocycles. The van der Waals surface area contributed by atoms with Crippen LogP contribution >= 0.6 is 0 Å². The van der Waals surface area contributed by atoms with E-state index in [2.05, 4.69) is 0 Å². The van der Waals surface area contributed by atoms with Crippen LogP contribution in [-0.2, 0) is 0 Å². The molecule has 0 bridgehead atoms. The number of hydrogen-bond donors (Lipinski definition) is 1. The van der Waals surface area contributed by atoms with Gasteiger partial charge >= 0.3 is 0 Å². The first-order valence-electron chi connectivity index (χ1n) is 6.07. The molecule has 0 spiro atoms. The summed E-state index contributed by atoms with van der Waals surface area (Å²) in [6, 6.07) is 3.66. The maximum atomic E-state index is 13.5. The molecule has 1 aliphatic heterocycles. The van der Waals surface area contributed by atoms with Gasteiger partial charge in [0.2, 0.25) is 0 Å². The minimum absolute atomic E-state index is 0.201. The van der Waals surface area contributed by atoms with Crippen LogP contribution in [0.3, 0.4) is 0 Å². The number of likely N-dealkylation sites (tertiary alicyclic amines) is 1. The third-order valence-electron chi connectivity index (χ3n) is 3.32. The Kier molecular flexibility index (Phi) is 3.91. The van der Waals surface area contributed by atoms with E-state index in [-0.39, 0.29) is 11.5 Å². The summed E-state index contributed by atoms with van der Waals surface area (Å²) in [7, 11) is 0. The molecule has 1 aliphatic rings. The number of nitrogens with zero attached hydrogens (tertiary/aromatic N) is 1. The highest BCUT2D eigenvalue weighted by Crippen LogP contribution is 2.19. The fourth-order valence-corrected chi connectivity index (χ4v) is 2.28. The Balaban J connectivity index is 2.18. The molecule has 2 N–H and O–H groups in total. The van der Waals surface area contributed by atoms with E-state index in [0.29, 0.717) is 19.6 Å². The lowest BCUT2D eigenvalue weighted by Crippen LogP contribution is -2.42. The summed E-state index contributed by atoms with van der Waals surface area (Å²) in [4.78, 5) is 13.7. The average Bonchev–Trinajstić information content (AvgIpc) is 2.41. The molecule has 0 saturated carbocycles. The van der Waals surface area contributed by atoms with Crippen molar-refractivity contribution < 1.29 is 13.6 Å². The second-order valence-corrected chi connectivity index (χ2v) is 4.60. The van der Waals surface area contributed by atoms with Gasteiger partial charge in [-0.15, -0.1) is 0 Å². The van der Waals surface area contributed by atoms with Crippen LogP contribution in [0.4, 0.5) is 8.78 Å². The molecule has 18 heavy (non-hydrogen) atoms. The van der Waals surface area contributed by atoms with E-state index >= 15 is 0 Å². The lowest BCUT2D eigenvalue weighted by molar-refractivity contribution is 0.0672. The Bertz CT molecular complexity index is 451. The second-order valence-electron chi connectivity index (χ2n) is 4.60. The molecule has 98 valence electrons. The van der Waals surface area contributed by atoms with Gasteiger partial charge in [-0.3, -0.25) is 4.79 Å². The number of amides is 1. The summed E-state index contributed by atoms with van der Waals surface area (Å²) in [6.45, 7) is 1.60. The second kappa shape index (κ2) is 5.44. The first-order chi connectivity index (χ1) is 8.63. The van der Waals surface area contributed by atoms with Crippen LogP contribution in [-0.4, -0.2) is 30.4 Å².